The Morgan fingerprint density at radius 1 is 1.17 bits per heavy atom. The second kappa shape index (κ2) is 6.58. The van der Waals surface area contributed by atoms with Crippen molar-refractivity contribution in [2.24, 2.45) is 10.2 Å². The summed E-state index contributed by atoms with van der Waals surface area (Å²) in [6.45, 7) is 0.236. The lowest BCUT2D eigenvalue weighted by Gasteiger charge is -2.18. The lowest BCUT2D eigenvalue weighted by atomic mass is 9.99. The molecule has 2 aromatic carbocycles. The summed E-state index contributed by atoms with van der Waals surface area (Å²) in [5.74, 6) is -0.361. The van der Waals surface area contributed by atoms with E-state index in [1.54, 1.807) is 36.4 Å². The van der Waals surface area contributed by atoms with E-state index in [-0.39, 0.29) is 24.5 Å². The van der Waals surface area contributed by atoms with Crippen LogP contribution in [0.4, 0.5) is 10.5 Å². The Hall–Kier alpha value is -2.73. The van der Waals surface area contributed by atoms with Crippen molar-refractivity contribution >= 4 is 29.2 Å². The van der Waals surface area contributed by atoms with Crippen LogP contribution in [0.1, 0.15) is 22.0 Å². The van der Waals surface area contributed by atoms with Crippen molar-refractivity contribution in [2.45, 2.75) is 6.04 Å². The van der Waals surface area contributed by atoms with E-state index < -0.39 is 0 Å². The number of nitrogens with zero attached hydrogens (tertiary/aromatic N) is 2. The monoisotopic (exact) mass is 328 g/mol. The molecule has 3 rings (SSSR count). The van der Waals surface area contributed by atoms with E-state index in [1.165, 1.54) is 0 Å². The van der Waals surface area contributed by atoms with Crippen LogP contribution in [0.15, 0.2) is 58.8 Å². The van der Waals surface area contributed by atoms with Gasteiger partial charge in [0.25, 0.3) is 5.91 Å². The minimum Gasteiger partial charge on any atom is -0.335 e. The molecule has 0 saturated heterocycles. The van der Waals surface area contributed by atoms with E-state index in [0.717, 1.165) is 5.56 Å². The summed E-state index contributed by atoms with van der Waals surface area (Å²) in [5, 5.41) is 13.5. The topological polar surface area (TPSA) is 82.9 Å². The number of carbonyl (C=O) groups is 2. The van der Waals surface area contributed by atoms with E-state index in [2.05, 4.69) is 20.9 Å². The molecule has 7 heteroatoms. The maximum absolute atomic E-state index is 11.9. The van der Waals surface area contributed by atoms with Crippen LogP contribution in [-0.2, 0) is 0 Å². The second-order valence-electron chi connectivity index (χ2n) is 4.97. The molecule has 1 atom stereocenters. The molecule has 0 radical (unpaired) electrons. The van der Waals surface area contributed by atoms with Gasteiger partial charge in [-0.3, -0.25) is 4.79 Å². The van der Waals surface area contributed by atoms with Crippen molar-refractivity contribution in [1.29, 1.82) is 0 Å². The minimum atomic E-state index is -0.381. The summed E-state index contributed by atoms with van der Waals surface area (Å²) in [5.41, 5.74) is 1.87. The third-order valence-electron chi connectivity index (χ3n) is 3.38. The highest BCUT2D eigenvalue weighted by molar-refractivity contribution is 6.30. The molecule has 0 fully saturated rings. The van der Waals surface area contributed by atoms with Crippen molar-refractivity contribution in [2.75, 3.05) is 11.9 Å². The maximum atomic E-state index is 11.9. The third-order valence-corrected chi connectivity index (χ3v) is 3.61. The van der Waals surface area contributed by atoms with Gasteiger partial charge in [-0.05, 0) is 29.8 Å². The Labute approximate surface area is 137 Å². The SMILES string of the molecule is O=C(NCC1N=NC(=O)c2ccccc21)Nc1cccc(Cl)c1. The first-order chi connectivity index (χ1) is 11.1. The van der Waals surface area contributed by atoms with Gasteiger partial charge in [0, 0.05) is 22.8 Å². The van der Waals surface area contributed by atoms with Crippen LogP contribution in [0.3, 0.4) is 0 Å². The zero-order valence-electron chi connectivity index (χ0n) is 12.0. The molecule has 6 nitrogen and oxygen atoms in total. The summed E-state index contributed by atoms with van der Waals surface area (Å²) in [6.07, 6.45) is 0. The fourth-order valence-corrected chi connectivity index (χ4v) is 2.49. The third kappa shape index (κ3) is 3.54. The van der Waals surface area contributed by atoms with Gasteiger partial charge in [-0.2, -0.15) is 5.11 Å². The fourth-order valence-electron chi connectivity index (χ4n) is 2.30. The molecular weight excluding hydrogens is 316 g/mol. The van der Waals surface area contributed by atoms with Gasteiger partial charge in [-0.25, -0.2) is 4.79 Å². The molecule has 116 valence electrons. The molecule has 1 unspecified atom stereocenters. The molecule has 0 saturated carbocycles. The Bertz CT molecular complexity index is 791. The molecule has 1 heterocycles. The predicted molar refractivity (Wildman–Crippen MR) is 86.8 cm³/mol. The highest BCUT2D eigenvalue weighted by Crippen LogP contribution is 2.26. The first kappa shape index (κ1) is 15.2. The predicted octanol–water partition coefficient (Wildman–Crippen LogP) is 3.81. The maximum Gasteiger partial charge on any atom is 0.319 e. The number of hydrogen-bond donors (Lipinski definition) is 2. The first-order valence-electron chi connectivity index (χ1n) is 6.98. The zero-order valence-corrected chi connectivity index (χ0v) is 12.7. The number of benzene rings is 2. The van der Waals surface area contributed by atoms with Gasteiger partial charge in [0.2, 0.25) is 0 Å². The Balaban J connectivity index is 1.63. The number of rotatable bonds is 3. The molecule has 0 spiro atoms. The smallest absolute Gasteiger partial charge is 0.319 e. The fraction of sp³-hybridized carbons (Fsp3) is 0.125. The largest absolute Gasteiger partial charge is 0.335 e. The van der Waals surface area contributed by atoms with E-state index in [4.69, 9.17) is 11.6 Å². The number of halogens is 1. The van der Waals surface area contributed by atoms with Crippen LogP contribution in [0, 0.1) is 0 Å². The molecule has 1 aliphatic heterocycles. The van der Waals surface area contributed by atoms with Crippen LogP contribution in [0.25, 0.3) is 0 Å². The first-order valence-corrected chi connectivity index (χ1v) is 7.36. The van der Waals surface area contributed by atoms with Crippen molar-refractivity contribution < 1.29 is 9.59 Å². The lowest BCUT2D eigenvalue weighted by Crippen LogP contribution is -2.32. The number of azo groups is 1. The number of nitrogens with one attached hydrogen (secondary N) is 2. The quantitative estimate of drug-likeness (QED) is 0.898. The molecular formula is C16H13ClN4O2. The summed E-state index contributed by atoms with van der Waals surface area (Å²) < 4.78 is 0. The second-order valence-corrected chi connectivity index (χ2v) is 5.41. The average Bonchev–Trinajstić information content (AvgIpc) is 2.54. The van der Waals surface area contributed by atoms with Crippen LogP contribution in [0.5, 0.6) is 0 Å². The summed E-state index contributed by atoms with van der Waals surface area (Å²) in [6, 6.07) is 13.2. The van der Waals surface area contributed by atoms with Crippen molar-refractivity contribution in [3.8, 4) is 0 Å². The average molecular weight is 329 g/mol. The molecule has 0 bridgehead atoms. The van der Waals surface area contributed by atoms with Gasteiger partial charge in [0.1, 0.15) is 6.04 Å². The normalized spacial score (nSPS) is 15.9. The summed E-state index contributed by atoms with van der Waals surface area (Å²) >= 11 is 5.87. The van der Waals surface area contributed by atoms with Crippen LogP contribution in [-0.4, -0.2) is 18.5 Å². The number of fused-ring (bicyclic) bond motifs is 1. The van der Waals surface area contributed by atoms with Gasteiger partial charge in [-0.15, -0.1) is 5.11 Å². The standard InChI is InChI=1S/C16H13ClN4O2/c17-10-4-3-5-11(8-10)19-16(23)18-9-14-12-6-1-2-7-13(12)15(22)21-20-14/h1-8,14H,9H2,(H2,18,19,23). The number of carbonyl (C=O) groups excluding carboxylic acids is 2. The summed E-state index contributed by atoms with van der Waals surface area (Å²) in [4.78, 5) is 23.6. The molecule has 2 N–H and O–H groups in total. The molecule has 2 aromatic rings. The van der Waals surface area contributed by atoms with Gasteiger partial charge < -0.3 is 10.6 Å². The Morgan fingerprint density at radius 2 is 2.00 bits per heavy atom. The van der Waals surface area contributed by atoms with E-state index >= 15 is 0 Å². The molecule has 23 heavy (non-hydrogen) atoms. The van der Waals surface area contributed by atoms with Crippen LogP contribution < -0.4 is 10.6 Å². The number of urea groups is 1. The van der Waals surface area contributed by atoms with Gasteiger partial charge in [-0.1, -0.05) is 35.9 Å². The lowest BCUT2D eigenvalue weighted by molar-refractivity contribution is 0.0985. The Morgan fingerprint density at radius 3 is 2.83 bits per heavy atom. The van der Waals surface area contributed by atoms with Crippen molar-refractivity contribution in [3.63, 3.8) is 0 Å². The number of amides is 3. The van der Waals surface area contributed by atoms with Gasteiger partial charge in [0.15, 0.2) is 0 Å². The van der Waals surface area contributed by atoms with Crippen molar-refractivity contribution in [1.82, 2.24) is 5.32 Å². The molecule has 0 aliphatic carbocycles. The molecule has 3 amide bonds. The number of hydrogen-bond acceptors (Lipinski definition) is 3. The van der Waals surface area contributed by atoms with Gasteiger partial charge >= 0.3 is 6.03 Å². The van der Waals surface area contributed by atoms with Gasteiger partial charge in [0.05, 0.1) is 0 Å². The Kier molecular flexibility index (Phi) is 4.34. The van der Waals surface area contributed by atoms with E-state index in [9.17, 15) is 9.59 Å². The number of anilines is 1. The van der Waals surface area contributed by atoms with Crippen LogP contribution in [0.2, 0.25) is 5.02 Å². The molecule has 1 aliphatic rings. The highest BCUT2D eigenvalue weighted by atomic mass is 35.5. The van der Waals surface area contributed by atoms with E-state index in [0.29, 0.717) is 16.3 Å². The highest BCUT2D eigenvalue weighted by Gasteiger charge is 2.23. The minimum absolute atomic E-state index is 0.236. The van der Waals surface area contributed by atoms with Crippen LogP contribution >= 0.6 is 11.6 Å². The van der Waals surface area contributed by atoms with Crippen molar-refractivity contribution in [3.05, 3.63) is 64.7 Å². The summed E-state index contributed by atoms with van der Waals surface area (Å²) in [7, 11) is 0. The van der Waals surface area contributed by atoms with E-state index in [1.807, 2.05) is 12.1 Å². The molecule has 0 aromatic heterocycles. The zero-order chi connectivity index (χ0) is 16.2.